The Morgan fingerprint density at radius 3 is 2.77 bits per heavy atom. The maximum Gasteiger partial charge on any atom is 0.227 e. The molecular weight excluding hydrogens is 330 g/mol. The standard InChI is InChI=1S/C20H21N3O3/c24-19-12-20(6-8-22(13-20)18-3-1-2-7-21-18)14-23(19)15-4-5-16-17(11-15)26-10-9-25-16/h1-5,7,11H,6,8-10,12-14H2/t20-/m1/s1. The van der Waals surface area contributed by atoms with E-state index in [1.165, 1.54) is 0 Å². The van der Waals surface area contributed by atoms with Gasteiger partial charge in [0.25, 0.3) is 0 Å². The molecular formula is C20H21N3O3. The number of hydrogen-bond donors (Lipinski definition) is 0. The number of amides is 1. The number of aromatic nitrogens is 1. The number of nitrogens with zero attached hydrogens (tertiary/aromatic N) is 3. The molecule has 134 valence electrons. The summed E-state index contributed by atoms with van der Waals surface area (Å²) in [5.41, 5.74) is 0.898. The number of anilines is 2. The monoisotopic (exact) mass is 351 g/mol. The van der Waals surface area contributed by atoms with E-state index in [-0.39, 0.29) is 11.3 Å². The molecule has 0 N–H and O–H groups in total. The van der Waals surface area contributed by atoms with Gasteiger partial charge in [0.15, 0.2) is 11.5 Å². The number of hydrogen-bond acceptors (Lipinski definition) is 5. The molecule has 0 unspecified atom stereocenters. The highest BCUT2D eigenvalue weighted by Crippen LogP contribution is 2.44. The van der Waals surface area contributed by atoms with Crippen LogP contribution in [0.5, 0.6) is 11.5 Å². The van der Waals surface area contributed by atoms with Crippen molar-refractivity contribution in [2.45, 2.75) is 12.8 Å². The molecule has 1 atom stereocenters. The number of carbonyl (C=O) groups is 1. The topological polar surface area (TPSA) is 54.9 Å². The van der Waals surface area contributed by atoms with Crippen molar-refractivity contribution in [2.75, 3.05) is 42.6 Å². The summed E-state index contributed by atoms with van der Waals surface area (Å²) in [6, 6.07) is 11.8. The zero-order valence-corrected chi connectivity index (χ0v) is 14.6. The third-order valence-corrected chi connectivity index (χ3v) is 5.57. The van der Waals surface area contributed by atoms with Gasteiger partial charge in [-0.2, -0.15) is 0 Å². The maximum atomic E-state index is 12.8. The van der Waals surface area contributed by atoms with Gasteiger partial charge in [0.2, 0.25) is 5.91 Å². The maximum absolute atomic E-state index is 12.8. The molecule has 1 aromatic heterocycles. The molecule has 3 aliphatic rings. The minimum Gasteiger partial charge on any atom is -0.486 e. The first kappa shape index (κ1) is 15.5. The number of carbonyl (C=O) groups excluding carboxylic acids is 1. The second kappa shape index (κ2) is 5.90. The van der Waals surface area contributed by atoms with E-state index in [0.717, 1.165) is 49.1 Å². The van der Waals surface area contributed by atoms with Crippen molar-refractivity contribution in [1.29, 1.82) is 0 Å². The largest absolute Gasteiger partial charge is 0.486 e. The number of rotatable bonds is 2. The van der Waals surface area contributed by atoms with E-state index >= 15 is 0 Å². The summed E-state index contributed by atoms with van der Waals surface area (Å²) >= 11 is 0. The molecule has 0 saturated carbocycles. The highest BCUT2D eigenvalue weighted by Gasteiger charge is 2.48. The first-order chi connectivity index (χ1) is 12.7. The highest BCUT2D eigenvalue weighted by molar-refractivity contribution is 5.97. The van der Waals surface area contributed by atoms with E-state index in [9.17, 15) is 4.79 Å². The predicted molar refractivity (Wildman–Crippen MR) is 97.9 cm³/mol. The number of ether oxygens (including phenoxy) is 2. The fourth-order valence-electron chi connectivity index (χ4n) is 4.28. The molecule has 5 rings (SSSR count). The lowest BCUT2D eigenvalue weighted by molar-refractivity contribution is -0.117. The van der Waals surface area contributed by atoms with Crippen LogP contribution in [0.1, 0.15) is 12.8 Å². The van der Waals surface area contributed by atoms with Crippen LogP contribution in [0.25, 0.3) is 0 Å². The van der Waals surface area contributed by atoms with E-state index < -0.39 is 0 Å². The Morgan fingerprint density at radius 1 is 1.04 bits per heavy atom. The summed E-state index contributed by atoms with van der Waals surface area (Å²) in [6.07, 6.45) is 3.42. The number of fused-ring (bicyclic) bond motifs is 1. The molecule has 0 radical (unpaired) electrons. The molecule has 1 amide bonds. The number of benzene rings is 1. The van der Waals surface area contributed by atoms with Gasteiger partial charge in [-0.1, -0.05) is 6.07 Å². The van der Waals surface area contributed by atoms with Crippen molar-refractivity contribution in [3.63, 3.8) is 0 Å². The lowest BCUT2D eigenvalue weighted by atomic mass is 9.86. The van der Waals surface area contributed by atoms with Crippen LogP contribution in [-0.2, 0) is 4.79 Å². The van der Waals surface area contributed by atoms with Gasteiger partial charge in [-0.05, 0) is 30.7 Å². The minimum atomic E-state index is 0.00185. The van der Waals surface area contributed by atoms with E-state index in [1.54, 1.807) is 0 Å². The van der Waals surface area contributed by atoms with Crippen molar-refractivity contribution in [2.24, 2.45) is 5.41 Å². The third kappa shape index (κ3) is 2.57. The van der Waals surface area contributed by atoms with Gasteiger partial charge in [0.1, 0.15) is 19.0 Å². The summed E-state index contributed by atoms with van der Waals surface area (Å²) in [6.45, 7) is 3.68. The summed E-state index contributed by atoms with van der Waals surface area (Å²) < 4.78 is 11.3. The lowest BCUT2D eigenvalue weighted by Crippen LogP contribution is -2.31. The molecule has 26 heavy (non-hydrogen) atoms. The minimum absolute atomic E-state index is 0.00185. The van der Waals surface area contributed by atoms with Gasteiger partial charge in [-0.15, -0.1) is 0 Å². The van der Waals surface area contributed by atoms with E-state index in [4.69, 9.17) is 9.47 Å². The molecule has 0 bridgehead atoms. The molecule has 1 aromatic carbocycles. The molecule has 4 heterocycles. The zero-order valence-electron chi connectivity index (χ0n) is 14.6. The van der Waals surface area contributed by atoms with Gasteiger partial charge < -0.3 is 19.3 Å². The fourth-order valence-corrected chi connectivity index (χ4v) is 4.28. The van der Waals surface area contributed by atoms with Crippen molar-refractivity contribution < 1.29 is 14.3 Å². The predicted octanol–water partition coefficient (Wildman–Crippen LogP) is 2.49. The summed E-state index contributed by atoms with van der Waals surface area (Å²) in [4.78, 5) is 21.4. The van der Waals surface area contributed by atoms with Gasteiger partial charge in [-0.3, -0.25) is 4.79 Å². The molecule has 6 nitrogen and oxygen atoms in total. The van der Waals surface area contributed by atoms with Crippen LogP contribution in [0.15, 0.2) is 42.6 Å². The first-order valence-electron chi connectivity index (χ1n) is 9.09. The third-order valence-electron chi connectivity index (χ3n) is 5.57. The van der Waals surface area contributed by atoms with Crippen LogP contribution in [0.3, 0.4) is 0 Å². The van der Waals surface area contributed by atoms with E-state index in [1.807, 2.05) is 47.5 Å². The summed E-state index contributed by atoms with van der Waals surface area (Å²) in [5, 5.41) is 0. The van der Waals surface area contributed by atoms with Crippen molar-refractivity contribution in [1.82, 2.24) is 4.98 Å². The Bertz CT molecular complexity index is 841. The van der Waals surface area contributed by atoms with E-state index in [2.05, 4.69) is 9.88 Å². The van der Waals surface area contributed by atoms with Crippen molar-refractivity contribution in [3.05, 3.63) is 42.6 Å². The summed E-state index contributed by atoms with van der Waals surface area (Å²) in [7, 11) is 0. The molecule has 0 aliphatic carbocycles. The molecule has 3 aliphatic heterocycles. The van der Waals surface area contributed by atoms with E-state index in [0.29, 0.717) is 19.6 Å². The normalized spacial score (nSPS) is 24.5. The van der Waals surface area contributed by atoms with Gasteiger partial charge in [0, 0.05) is 49.4 Å². The van der Waals surface area contributed by atoms with Gasteiger partial charge in [0.05, 0.1) is 0 Å². The lowest BCUT2D eigenvalue weighted by Gasteiger charge is -2.25. The average Bonchev–Trinajstić information content (AvgIpc) is 3.25. The molecule has 2 fully saturated rings. The Balaban J connectivity index is 1.36. The first-order valence-corrected chi connectivity index (χ1v) is 9.09. The van der Waals surface area contributed by atoms with Crippen LogP contribution in [0.4, 0.5) is 11.5 Å². The van der Waals surface area contributed by atoms with Gasteiger partial charge in [-0.25, -0.2) is 4.98 Å². The SMILES string of the molecule is O=C1C[C@@]2(CCN(c3ccccn3)C2)CN1c1ccc2c(c1)OCCO2. The second-order valence-corrected chi connectivity index (χ2v) is 7.34. The molecule has 6 heteroatoms. The van der Waals surface area contributed by atoms with Crippen LogP contribution in [0, 0.1) is 5.41 Å². The molecule has 2 aromatic rings. The fraction of sp³-hybridized carbons (Fsp3) is 0.400. The zero-order chi connectivity index (χ0) is 17.6. The van der Waals surface area contributed by atoms with Crippen molar-refractivity contribution in [3.8, 4) is 11.5 Å². The summed E-state index contributed by atoms with van der Waals surface area (Å²) in [5.74, 6) is 2.66. The Labute approximate surface area is 152 Å². The van der Waals surface area contributed by atoms with Crippen LogP contribution < -0.4 is 19.3 Å². The van der Waals surface area contributed by atoms with Crippen LogP contribution >= 0.6 is 0 Å². The second-order valence-electron chi connectivity index (χ2n) is 7.34. The molecule has 1 spiro atoms. The van der Waals surface area contributed by atoms with Crippen LogP contribution in [-0.4, -0.2) is 43.7 Å². The average molecular weight is 351 g/mol. The highest BCUT2D eigenvalue weighted by atomic mass is 16.6. The van der Waals surface area contributed by atoms with Crippen molar-refractivity contribution >= 4 is 17.4 Å². The Kier molecular flexibility index (Phi) is 3.51. The van der Waals surface area contributed by atoms with Gasteiger partial charge >= 0.3 is 0 Å². The van der Waals surface area contributed by atoms with Crippen LogP contribution in [0.2, 0.25) is 0 Å². The number of pyridine rings is 1. The molecule has 2 saturated heterocycles. The Morgan fingerprint density at radius 2 is 1.92 bits per heavy atom. The quantitative estimate of drug-likeness (QED) is 0.832. The Hall–Kier alpha value is -2.76. The smallest absolute Gasteiger partial charge is 0.227 e.